The lowest BCUT2D eigenvalue weighted by atomic mass is 10.2. The molecule has 0 saturated heterocycles. The summed E-state index contributed by atoms with van der Waals surface area (Å²) in [6, 6.07) is 10.5. The van der Waals surface area contributed by atoms with Gasteiger partial charge in [-0.05, 0) is 36.8 Å². The molecule has 0 aliphatic rings. The van der Waals surface area contributed by atoms with Crippen LogP contribution in [0.15, 0.2) is 40.8 Å². The van der Waals surface area contributed by atoms with Gasteiger partial charge in [-0.25, -0.2) is 8.42 Å². The van der Waals surface area contributed by atoms with Crippen LogP contribution in [0.3, 0.4) is 0 Å². The van der Waals surface area contributed by atoms with Gasteiger partial charge < -0.3 is 10.2 Å². The first-order valence-corrected chi connectivity index (χ1v) is 7.81. The van der Waals surface area contributed by atoms with Gasteiger partial charge in [0.15, 0.2) is 0 Å². The summed E-state index contributed by atoms with van der Waals surface area (Å²) in [5.74, 6) is 1.32. The average Bonchev–Trinajstić information content (AvgIpc) is 2.74. The molecule has 108 valence electrons. The molecule has 1 aromatic heterocycles. The maximum atomic E-state index is 12.3. The Labute approximate surface area is 119 Å². The van der Waals surface area contributed by atoms with E-state index >= 15 is 0 Å². The zero-order valence-electron chi connectivity index (χ0n) is 11.5. The molecule has 0 amide bonds. The molecule has 0 bridgehead atoms. The van der Waals surface area contributed by atoms with Crippen molar-refractivity contribution in [2.24, 2.45) is 0 Å². The molecule has 2 aromatic rings. The van der Waals surface area contributed by atoms with Gasteiger partial charge in [-0.2, -0.15) is 4.31 Å². The number of rotatable bonds is 5. The Morgan fingerprint density at radius 1 is 1.25 bits per heavy atom. The highest BCUT2D eigenvalue weighted by Gasteiger charge is 2.20. The summed E-state index contributed by atoms with van der Waals surface area (Å²) in [5, 5.41) is 0. The fourth-order valence-corrected chi connectivity index (χ4v) is 3.04. The predicted octanol–water partition coefficient (Wildman–Crippen LogP) is 2.13. The second-order valence-corrected chi connectivity index (χ2v) is 6.85. The molecule has 0 unspecified atom stereocenters. The number of nitrogens with zero attached hydrogens (tertiary/aromatic N) is 1. The second-order valence-electron chi connectivity index (χ2n) is 4.77. The highest BCUT2D eigenvalue weighted by atomic mass is 32.2. The summed E-state index contributed by atoms with van der Waals surface area (Å²) in [6.45, 7) is 2.04. The number of benzene rings is 1. The van der Waals surface area contributed by atoms with Gasteiger partial charge in [0.25, 0.3) is 0 Å². The molecule has 1 heterocycles. The molecule has 1 aromatic carbocycles. The van der Waals surface area contributed by atoms with Crippen LogP contribution < -0.4 is 5.73 Å². The fourth-order valence-electron chi connectivity index (χ4n) is 1.89. The molecule has 20 heavy (non-hydrogen) atoms. The number of sulfonamides is 1. The zero-order chi connectivity index (χ0) is 14.8. The molecule has 2 rings (SSSR count). The van der Waals surface area contributed by atoms with E-state index < -0.39 is 10.0 Å². The zero-order valence-corrected chi connectivity index (χ0v) is 12.4. The number of nitrogens with two attached hydrogens (primary N) is 1. The van der Waals surface area contributed by atoms with Gasteiger partial charge in [0.2, 0.25) is 10.0 Å². The van der Waals surface area contributed by atoms with E-state index in [0.29, 0.717) is 17.0 Å². The Morgan fingerprint density at radius 3 is 2.60 bits per heavy atom. The summed E-state index contributed by atoms with van der Waals surface area (Å²) >= 11 is 0. The standard InChI is InChI=1S/C14H18N2O3S/c1-11-6-7-14(19-11)9-16(2)20(17,18)10-12-4-3-5-13(15)8-12/h3-8H,9-10,15H2,1-2H3. The molecule has 2 N–H and O–H groups in total. The topological polar surface area (TPSA) is 76.5 Å². The van der Waals surface area contributed by atoms with Crippen LogP contribution in [-0.4, -0.2) is 19.8 Å². The second kappa shape index (κ2) is 5.68. The van der Waals surface area contributed by atoms with Crippen molar-refractivity contribution in [1.29, 1.82) is 0 Å². The predicted molar refractivity (Wildman–Crippen MR) is 78.4 cm³/mol. The summed E-state index contributed by atoms with van der Waals surface area (Å²) in [5.41, 5.74) is 6.89. The van der Waals surface area contributed by atoms with Gasteiger partial charge in [-0.15, -0.1) is 0 Å². The normalized spacial score (nSPS) is 11.9. The van der Waals surface area contributed by atoms with Crippen LogP contribution in [0.4, 0.5) is 5.69 Å². The Bertz CT molecular complexity index is 692. The summed E-state index contributed by atoms with van der Waals surface area (Å²) in [4.78, 5) is 0. The highest BCUT2D eigenvalue weighted by Crippen LogP contribution is 2.16. The molecule has 0 saturated carbocycles. The van der Waals surface area contributed by atoms with Crippen molar-refractivity contribution in [1.82, 2.24) is 4.31 Å². The molecule has 0 radical (unpaired) electrons. The average molecular weight is 294 g/mol. The van der Waals surface area contributed by atoms with Gasteiger partial charge in [-0.3, -0.25) is 0 Å². The summed E-state index contributed by atoms with van der Waals surface area (Å²) in [7, 11) is -1.86. The Hall–Kier alpha value is -1.79. The molecular formula is C14H18N2O3S. The van der Waals surface area contributed by atoms with Crippen molar-refractivity contribution in [3.05, 3.63) is 53.5 Å². The number of furan rings is 1. The number of anilines is 1. The lowest BCUT2D eigenvalue weighted by molar-refractivity contribution is 0.397. The maximum absolute atomic E-state index is 12.3. The lowest BCUT2D eigenvalue weighted by Crippen LogP contribution is -2.27. The Kier molecular flexibility index (Phi) is 4.15. The quantitative estimate of drug-likeness (QED) is 0.857. The number of hydrogen-bond acceptors (Lipinski definition) is 4. The van der Waals surface area contributed by atoms with Crippen LogP contribution >= 0.6 is 0 Å². The number of nitrogen functional groups attached to an aromatic ring is 1. The van der Waals surface area contributed by atoms with Crippen molar-refractivity contribution in [2.75, 3.05) is 12.8 Å². The van der Waals surface area contributed by atoms with Gasteiger partial charge in [0.1, 0.15) is 11.5 Å². The fraction of sp³-hybridized carbons (Fsp3) is 0.286. The van der Waals surface area contributed by atoms with Crippen LogP contribution in [0.2, 0.25) is 0 Å². The Morgan fingerprint density at radius 2 is 2.00 bits per heavy atom. The number of aryl methyl sites for hydroxylation is 1. The first-order valence-electron chi connectivity index (χ1n) is 6.20. The first kappa shape index (κ1) is 14.6. The van der Waals surface area contributed by atoms with Crippen LogP contribution in [0.25, 0.3) is 0 Å². The van der Waals surface area contributed by atoms with Crippen LogP contribution in [0, 0.1) is 6.92 Å². The first-order chi connectivity index (χ1) is 9.37. The van der Waals surface area contributed by atoms with Gasteiger partial charge in [0.05, 0.1) is 12.3 Å². The molecule has 0 atom stereocenters. The highest BCUT2D eigenvalue weighted by molar-refractivity contribution is 7.88. The molecule has 6 heteroatoms. The van der Waals surface area contributed by atoms with Gasteiger partial charge in [-0.1, -0.05) is 12.1 Å². The molecule has 0 spiro atoms. The van der Waals surface area contributed by atoms with E-state index in [9.17, 15) is 8.42 Å². The van der Waals surface area contributed by atoms with E-state index in [1.165, 1.54) is 4.31 Å². The van der Waals surface area contributed by atoms with Gasteiger partial charge >= 0.3 is 0 Å². The third kappa shape index (κ3) is 3.61. The Balaban J connectivity index is 2.09. The summed E-state index contributed by atoms with van der Waals surface area (Å²) < 4.78 is 31.2. The van der Waals surface area contributed by atoms with Crippen molar-refractivity contribution >= 4 is 15.7 Å². The third-order valence-corrected chi connectivity index (χ3v) is 4.73. The van der Waals surface area contributed by atoms with Crippen LogP contribution in [0.1, 0.15) is 17.1 Å². The largest absolute Gasteiger partial charge is 0.465 e. The van der Waals surface area contributed by atoms with Crippen molar-refractivity contribution < 1.29 is 12.8 Å². The minimum Gasteiger partial charge on any atom is -0.465 e. The van der Waals surface area contributed by atoms with Crippen LogP contribution in [-0.2, 0) is 22.3 Å². The van der Waals surface area contributed by atoms with Crippen molar-refractivity contribution in [2.45, 2.75) is 19.2 Å². The SMILES string of the molecule is Cc1ccc(CN(C)S(=O)(=O)Cc2cccc(N)c2)o1. The van der Waals surface area contributed by atoms with Crippen LogP contribution in [0.5, 0.6) is 0 Å². The molecule has 0 fully saturated rings. The van der Waals surface area contributed by atoms with E-state index in [1.807, 2.05) is 13.0 Å². The molecule has 0 aliphatic carbocycles. The van der Waals surface area contributed by atoms with E-state index in [2.05, 4.69) is 0 Å². The van der Waals surface area contributed by atoms with E-state index in [0.717, 1.165) is 5.76 Å². The van der Waals surface area contributed by atoms with E-state index in [4.69, 9.17) is 10.2 Å². The summed E-state index contributed by atoms with van der Waals surface area (Å²) in [6.07, 6.45) is 0. The molecule has 0 aliphatic heterocycles. The smallest absolute Gasteiger partial charge is 0.218 e. The minimum absolute atomic E-state index is 0.0752. The molecule has 5 nitrogen and oxygen atoms in total. The lowest BCUT2D eigenvalue weighted by Gasteiger charge is -2.16. The molecular weight excluding hydrogens is 276 g/mol. The van der Waals surface area contributed by atoms with Gasteiger partial charge in [0, 0.05) is 12.7 Å². The third-order valence-electron chi connectivity index (χ3n) is 2.95. The maximum Gasteiger partial charge on any atom is 0.218 e. The van der Waals surface area contributed by atoms with E-state index in [-0.39, 0.29) is 12.3 Å². The minimum atomic E-state index is -3.40. The van der Waals surface area contributed by atoms with E-state index in [1.54, 1.807) is 37.4 Å². The monoisotopic (exact) mass is 294 g/mol. The number of hydrogen-bond donors (Lipinski definition) is 1. The van der Waals surface area contributed by atoms with Crippen molar-refractivity contribution in [3.8, 4) is 0 Å². The van der Waals surface area contributed by atoms with Crippen molar-refractivity contribution in [3.63, 3.8) is 0 Å².